The van der Waals surface area contributed by atoms with Crippen LogP contribution in [0, 0.1) is 5.92 Å². The molecule has 0 aliphatic carbocycles. The van der Waals surface area contributed by atoms with Crippen LogP contribution in [0.15, 0.2) is 78.9 Å². The molecule has 0 aromatic heterocycles. The van der Waals surface area contributed by atoms with Crippen molar-refractivity contribution in [1.82, 2.24) is 15.5 Å². The lowest BCUT2D eigenvalue weighted by Crippen LogP contribution is -2.54. The van der Waals surface area contributed by atoms with Crippen LogP contribution in [0.4, 0.5) is 0 Å². The van der Waals surface area contributed by atoms with Crippen molar-refractivity contribution in [3.8, 4) is 11.5 Å². The van der Waals surface area contributed by atoms with Crippen LogP contribution in [-0.2, 0) is 58.0 Å². The summed E-state index contributed by atoms with van der Waals surface area (Å²) >= 11 is 0. The molecule has 1 fully saturated rings. The van der Waals surface area contributed by atoms with Crippen LogP contribution in [0.25, 0.3) is 0 Å². The summed E-state index contributed by atoms with van der Waals surface area (Å²) in [5.74, 6) is -0.362. The zero-order valence-corrected chi connectivity index (χ0v) is 47.1. The summed E-state index contributed by atoms with van der Waals surface area (Å²) in [4.78, 5) is 65.4. The topological polar surface area (TPSA) is 213 Å². The van der Waals surface area contributed by atoms with Crippen LogP contribution in [0.5, 0.6) is 11.5 Å². The van der Waals surface area contributed by atoms with Crippen LogP contribution in [0.2, 0.25) is 0 Å². The number of likely N-dealkylation sites (tertiary alicyclic amines) is 1. The number of carbonyl (C=O) groups excluding carboxylic acids is 5. The smallest absolute Gasteiger partial charge is 0.306 e. The Bertz CT molecular complexity index is 2060. The Morgan fingerprint density at radius 2 is 1.06 bits per heavy atom. The number of hydrogen-bond donors (Lipinski definition) is 3. The number of carbonyl (C=O) groups is 5. The number of nitrogens with two attached hydrogens (primary N) is 1. The van der Waals surface area contributed by atoms with Gasteiger partial charge in [-0.15, -0.1) is 0 Å². The summed E-state index contributed by atoms with van der Waals surface area (Å²) in [5.41, 5.74) is 6.26. The highest BCUT2D eigenvalue weighted by molar-refractivity contribution is 5.88. The number of methoxy groups -OCH3 is 2. The van der Waals surface area contributed by atoms with Crippen LogP contribution in [0.1, 0.15) is 146 Å². The summed E-state index contributed by atoms with van der Waals surface area (Å²) < 4.78 is 46.1. The van der Waals surface area contributed by atoms with Gasteiger partial charge in [-0.05, 0) is 66.1 Å². The van der Waals surface area contributed by atoms with Gasteiger partial charge in [0.1, 0.15) is 23.1 Å². The zero-order valence-electron chi connectivity index (χ0n) is 47.1. The van der Waals surface area contributed by atoms with E-state index in [2.05, 4.69) is 17.6 Å². The van der Waals surface area contributed by atoms with E-state index in [-0.39, 0.29) is 63.4 Å². The summed E-state index contributed by atoms with van der Waals surface area (Å²) in [6.07, 6.45) is 18.2. The third-order valence-electron chi connectivity index (χ3n) is 13.9. The molecule has 17 heteroatoms. The number of unbranched alkanes of at least 4 members (excludes halogenated alkanes) is 12. The van der Waals surface area contributed by atoms with E-state index < -0.39 is 29.4 Å². The summed E-state index contributed by atoms with van der Waals surface area (Å²) in [7, 11) is 3.20. The average Bonchev–Trinajstić information content (AvgIpc) is 3.59. The summed E-state index contributed by atoms with van der Waals surface area (Å²) in [6.45, 7) is 6.10. The fourth-order valence-electron chi connectivity index (χ4n) is 9.35. The molecule has 0 radical (unpaired) electrons. The zero-order chi connectivity index (χ0) is 55.9. The molecular weight excluding hydrogens is 997 g/mol. The maximum atomic E-state index is 14.6. The lowest BCUT2D eigenvalue weighted by atomic mass is 9.80. The molecule has 4 rings (SSSR count). The number of ether oxygens (including phenoxy) is 8. The van der Waals surface area contributed by atoms with Crippen molar-refractivity contribution in [3.05, 3.63) is 95.6 Å². The van der Waals surface area contributed by atoms with Gasteiger partial charge in [0, 0.05) is 38.9 Å². The normalized spacial score (nSPS) is 13.2. The molecule has 0 saturated carbocycles. The van der Waals surface area contributed by atoms with Crippen molar-refractivity contribution in [2.24, 2.45) is 11.7 Å². The van der Waals surface area contributed by atoms with Crippen LogP contribution < -0.4 is 25.8 Å². The molecule has 17 nitrogen and oxygen atoms in total. The molecule has 0 spiro atoms. The lowest BCUT2D eigenvalue weighted by Gasteiger charge is -2.38. The molecule has 4 amide bonds. The van der Waals surface area contributed by atoms with Crippen molar-refractivity contribution >= 4 is 29.6 Å². The SMILES string of the molecule is CCCCCCCCCCCCCCCC(=O)NCCOCCOCCOCCOCCC(=O)N[C@@H](COC(c1ccccc1)(c1ccc(OC)cc1)c1ccc(OC)cc1)C(=O)N1CCC(COC(=O)CCC(N)=O)CC1. The summed E-state index contributed by atoms with van der Waals surface area (Å²) in [6, 6.07) is 23.7. The van der Waals surface area contributed by atoms with Crippen molar-refractivity contribution in [2.75, 3.05) is 99.9 Å². The van der Waals surface area contributed by atoms with Crippen molar-refractivity contribution < 1.29 is 61.9 Å². The Morgan fingerprint density at radius 3 is 1.58 bits per heavy atom. The predicted molar refractivity (Wildman–Crippen MR) is 300 cm³/mol. The van der Waals surface area contributed by atoms with Crippen molar-refractivity contribution in [1.29, 1.82) is 0 Å². The molecule has 1 aliphatic rings. The van der Waals surface area contributed by atoms with Gasteiger partial charge in [0.05, 0.1) is 86.7 Å². The first kappa shape index (κ1) is 64.9. The average molecular weight is 1090 g/mol. The second kappa shape index (κ2) is 39.7. The molecule has 1 atom stereocenters. The van der Waals surface area contributed by atoms with Crippen molar-refractivity contribution in [2.45, 2.75) is 141 Å². The first-order valence-electron chi connectivity index (χ1n) is 28.7. The molecular formula is C61H92N4O13. The largest absolute Gasteiger partial charge is 0.497 e. The van der Waals surface area contributed by atoms with E-state index in [0.717, 1.165) is 29.5 Å². The first-order valence-corrected chi connectivity index (χ1v) is 28.7. The molecule has 3 aromatic rings. The third kappa shape index (κ3) is 25.5. The van der Waals surface area contributed by atoms with Gasteiger partial charge in [-0.3, -0.25) is 24.0 Å². The Kier molecular flexibility index (Phi) is 33.1. The van der Waals surface area contributed by atoms with Crippen LogP contribution in [0.3, 0.4) is 0 Å². The van der Waals surface area contributed by atoms with Gasteiger partial charge in [0.15, 0.2) is 0 Å². The highest BCUT2D eigenvalue weighted by Gasteiger charge is 2.40. The van der Waals surface area contributed by atoms with Gasteiger partial charge in [-0.1, -0.05) is 139 Å². The third-order valence-corrected chi connectivity index (χ3v) is 13.9. The van der Waals surface area contributed by atoms with Gasteiger partial charge in [0.25, 0.3) is 0 Å². The van der Waals surface area contributed by atoms with E-state index in [1.54, 1.807) is 19.1 Å². The molecule has 3 aromatic carbocycles. The number of benzene rings is 3. The molecule has 1 aliphatic heterocycles. The molecule has 1 saturated heterocycles. The number of nitrogens with one attached hydrogen (secondary N) is 2. The first-order chi connectivity index (χ1) is 38.1. The number of primary amides is 1. The lowest BCUT2D eigenvalue weighted by molar-refractivity contribution is -0.148. The van der Waals surface area contributed by atoms with Crippen LogP contribution in [-0.4, -0.2) is 140 Å². The molecule has 0 unspecified atom stereocenters. The Labute approximate surface area is 464 Å². The van der Waals surface area contributed by atoms with E-state index in [1.807, 2.05) is 78.9 Å². The molecule has 78 heavy (non-hydrogen) atoms. The minimum Gasteiger partial charge on any atom is -0.497 e. The fourth-order valence-corrected chi connectivity index (χ4v) is 9.35. The van der Waals surface area contributed by atoms with E-state index in [9.17, 15) is 24.0 Å². The van der Waals surface area contributed by atoms with Gasteiger partial charge in [0.2, 0.25) is 23.6 Å². The number of amides is 4. The van der Waals surface area contributed by atoms with Gasteiger partial charge in [-0.2, -0.15) is 0 Å². The number of nitrogens with zero attached hydrogens (tertiary/aromatic N) is 1. The van der Waals surface area contributed by atoms with E-state index in [1.165, 1.54) is 70.6 Å². The van der Waals surface area contributed by atoms with Gasteiger partial charge < -0.3 is 59.2 Å². The Morgan fingerprint density at radius 1 is 0.577 bits per heavy atom. The number of rotatable bonds is 44. The van der Waals surface area contributed by atoms with E-state index in [0.29, 0.717) is 90.0 Å². The number of esters is 1. The Balaban J connectivity index is 1.19. The number of piperidine rings is 1. The monoisotopic (exact) mass is 1090 g/mol. The molecule has 0 bridgehead atoms. The quantitative estimate of drug-likeness (QED) is 0.0275. The minimum absolute atomic E-state index is 0.0139. The molecule has 1 heterocycles. The second-order valence-corrected chi connectivity index (χ2v) is 19.9. The van der Waals surface area contributed by atoms with E-state index in [4.69, 9.17) is 43.6 Å². The molecule has 4 N–H and O–H groups in total. The standard InChI is InChI=1S/C61H92N4O13/c1-4-5-6-7-8-9-10-11-12-13-14-15-19-22-57(67)63-36-40-74-42-44-76-46-45-75-43-41-73-39-35-58(68)64-55(60(70)65-37-33-49(34-38-65)47-77-59(69)32-31-56(62)66)48-78-61(50-20-17-16-18-21-50,51-23-27-53(71-2)28-24-51)52-25-29-54(72-3)30-26-52/h16-18,20-21,23-30,49,55H,4-15,19,22,31-48H2,1-3H3,(H2,62,66)(H,63,67)(H,64,68)/t55-/m0/s1. The number of hydrogen-bond acceptors (Lipinski definition) is 13. The van der Waals surface area contributed by atoms with Gasteiger partial charge in [-0.25, -0.2) is 0 Å². The highest BCUT2D eigenvalue weighted by Crippen LogP contribution is 2.42. The fraction of sp³-hybridized carbons (Fsp3) is 0.623. The van der Waals surface area contributed by atoms with Crippen molar-refractivity contribution in [3.63, 3.8) is 0 Å². The molecule has 434 valence electrons. The van der Waals surface area contributed by atoms with Crippen LogP contribution >= 0.6 is 0 Å². The van der Waals surface area contributed by atoms with E-state index >= 15 is 0 Å². The highest BCUT2D eigenvalue weighted by atomic mass is 16.6. The maximum absolute atomic E-state index is 14.6. The van der Waals surface area contributed by atoms with Gasteiger partial charge >= 0.3 is 5.97 Å². The minimum atomic E-state index is -1.25. The maximum Gasteiger partial charge on any atom is 0.306 e. The summed E-state index contributed by atoms with van der Waals surface area (Å²) in [5, 5.41) is 5.90. The Hall–Kier alpha value is -5.59. The second-order valence-electron chi connectivity index (χ2n) is 19.9. The predicted octanol–water partition coefficient (Wildman–Crippen LogP) is 8.60.